The Kier molecular flexibility index (Phi) is 14.6. The molecule has 13 heteroatoms. The van der Waals surface area contributed by atoms with Crippen molar-refractivity contribution in [2.75, 3.05) is 52.2 Å². The number of carbonyl (C=O) groups excluding carboxylic acids is 3. The molecular formula is C22H44N4O8S. The van der Waals surface area contributed by atoms with Gasteiger partial charge in [0.1, 0.15) is 6.04 Å². The molecule has 0 fully saturated rings. The molecule has 0 rings (SSSR count). The first kappa shape index (κ1) is 33.2. The Balaban J connectivity index is 5.76. The van der Waals surface area contributed by atoms with Gasteiger partial charge in [0.25, 0.3) is 5.91 Å². The molecule has 3 amide bonds. The summed E-state index contributed by atoms with van der Waals surface area (Å²) in [7, 11) is -1.86. The van der Waals surface area contributed by atoms with E-state index in [0.717, 1.165) is 6.26 Å². The molecule has 0 aliphatic rings. The fourth-order valence-electron chi connectivity index (χ4n) is 3.54. The van der Waals surface area contributed by atoms with E-state index in [9.17, 15) is 28.0 Å². The van der Waals surface area contributed by atoms with Crippen molar-refractivity contribution in [2.24, 2.45) is 28.9 Å². The average Bonchev–Trinajstić information content (AvgIpc) is 2.69. The van der Waals surface area contributed by atoms with Crippen LogP contribution in [0.3, 0.4) is 0 Å². The lowest BCUT2D eigenvalue weighted by Gasteiger charge is -2.37. The summed E-state index contributed by atoms with van der Waals surface area (Å²) < 4.78 is 33.3. The van der Waals surface area contributed by atoms with Gasteiger partial charge in [0, 0.05) is 26.5 Å². The van der Waals surface area contributed by atoms with Gasteiger partial charge in [-0.05, 0) is 17.8 Å². The van der Waals surface area contributed by atoms with Gasteiger partial charge in [0.2, 0.25) is 11.8 Å². The van der Waals surface area contributed by atoms with Crippen molar-refractivity contribution >= 4 is 27.6 Å². The first-order valence-corrected chi connectivity index (χ1v) is 13.6. The minimum absolute atomic E-state index is 0.00956. The second kappa shape index (κ2) is 15.3. The van der Waals surface area contributed by atoms with Gasteiger partial charge in [-0.2, -0.15) is 0 Å². The Morgan fingerprint density at radius 3 is 2.14 bits per heavy atom. The number of rotatable bonds is 17. The van der Waals surface area contributed by atoms with Gasteiger partial charge in [-0.15, -0.1) is 0 Å². The zero-order chi connectivity index (χ0) is 27.4. The lowest BCUT2D eigenvalue weighted by molar-refractivity contribution is -0.195. The molecule has 0 saturated heterocycles. The number of nitrogens with two attached hydrogens (primary N) is 1. The zero-order valence-corrected chi connectivity index (χ0v) is 22.8. The lowest BCUT2D eigenvalue weighted by atomic mass is 9.81. The monoisotopic (exact) mass is 524 g/mol. The number of primary amides is 1. The standard InChI is InChI=1S/C22H44N4O8S/c1-15(2)12-16(19(23)27)17(13-24-14-35(7,31)32)21(29)26(30)18(22(3,4)5)20(28)25-8-9-34-11-10-33-6/h15-18,24,30H,8-14H2,1-7H3,(H2,23,27)(H,25,28)/t16-,17+,18-/m1/s1. The summed E-state index contributed by atoms with van der Waals surface area (Å²) in [5, 5.41) is 16.6. The highest BCUT2D eigenvalue weighted by Gasteiger charge is 2.43. The third kappa shape index (κ3) is 13.2. The molecule has 0 radical (unpaired) electrons. The largest absolute Gasteiger partial charge is 0.382 e. The first-order chi connectivity index (χ1) is 16.0. The Morgan fingerprint density at radius 1 is 1.09 bits per heavy atom. The molecule has 0 aromatic rings. The minimum atomic E-state index is -3.41. The Labute approximate surface area is 209 Å². The van der Waals surface area contributed by atoms with Crippen molar-refractivity contribution in [3.05, 3.63) is 0 Å². The molecule has 0 unspecified atom stereocenters. The number of ether oxygens (including phenoxy) is 2. The minimum Gasteiger partial charge on any atom is -0.382 e. The highest BCUT2D eigenvalue weighted by atomic mass is 32.2. The van der Waals surface area contributed by atoms with Crippen LogP contribution in [-0.4, -0.2) is 94.6 Å². The van der Waals surface area contributed by atoms with Gasteiger partial charge in [-0.25, -0.2) is 13.5 Å². The Bertz CT molecular complexity index is 783. The van der Waals surface area contributed by atoms with Crippen molar-refractivity contribution in [3.63, 3.8) is 0 Å². The third-order valence-electron chi connectivity index (χ3n) is 5.14. The summed E-state index contributed by atoms with van der Waals surface area (Å²) in [5.41, 5.74) is 4.70. The zero-order valence-electron chi connectivity index (χ0n) is 22.0. The van der Waals surface area contributed by atoms with Crippen LogP contribution in [0.15, 0.2) is 0 Å². The number of nitrogens with zero attached hydrogens (tertiary/aromatic N) is 1. The van der Waals surface area contributed by atoms with Crippen LogP contribution >= 0.6 is 0 Å². The van der Waals surface area contributed by atoms with Gasteiger partial charge < -0.3 is 25.8 Å². The predicted octanol–water partition coefficient (Wildman–Crippen LogP) is -0.246. The normalized spacial score (nSPS) is 14.9. The number of hydroxylamine groups is 2. The molecule has 0 heterocycles. The van der Waals surface area contributed by atoms with Gasteiger partial charge in [-0.1, -0.05) is 34.6 Å². The van der Waals surface area contributed by atoms with Crippen LogP contribution in [0.1, 0.15) is 41.0 Å². The van der Waals surface area contributed by atoms with Gasteiger partial charge in [-0.3, -0.25) is 19.6 Å². The van der Waals surface area contributed by atoms with E-state index in [4.69, 9.17) is 15.2 Å². The smallest absolute Gasteiger partial charge is 0.251 e. The number of hydrogen-bond donors (Lipinski definition) is 4. The van der Waals surface area contributed by atoms with Crippen molar-refractivity contribution in [3.8, 4) is 0 Å². The summed E-state index contributed by atoms with van der Waals surface area (Å²) in [5.74, 6) is -4.87. The first-order valence-electron chi connectivity index (χ1n) is 11.6. The van der Waals surface area contributed by atoms with E-state index in [0.29, 0.717) is 18.3 Å². The van der Waals surface area contributed by atoms with Crippen molar-refractivity contribution < 1.29 is 37.5 Å². The second-order valence-corrected chi connectivity index (χ2v) is 12.3. The molecule has 0 aliphatic carbocycles. The second-order valence-electron chi connectivity index (χ2n) is 10.1. The molecule has 3 atom stereocenters. The number of hydrogen-bond acceptors (Lipinski definition) is 9. The quantitative estimate of drug-likeness (QED) is 0.113. The average molecular weight is 525 g/mol. The summed E-state index contributed by atoms with van der Waals surface area (Å²) >= 11 is 0. The van der Waals surface area contributed by atoms with E-state index in [1.54, 1.807) is 27.9 Å². The van der Waals surface area contributed by atoms with Gasteiger partial charge in [0.15, 0.2) is 9.84 Å². The van der Waals surface area contributed by atoms with E-state index in [1.807, 2.05) is 13.8 Å². The summed E-state index contributed by atoms with van der Waals surface area (Å²) in [4.78, 5) is 38.6. The number of amides is 3. The summed E-state index contributed by atoms with van der Waals surface area (Å²) in [6.45, 7) is 9.62. The molecule has 0 aromatic heterocycles. The number of sulfone groups is 1. The highest BCUT2D eigenvalue weighted by Crippen LogP contribution is 2.28. The van der Waals surface area contributed by atoms with E-state index in [-0.39, 0.29) is 32.0 Å². The Morgan fingerprint density at radius 2 is 1.69 bits per heavy atom. The van der Waals surface area contributed by atoms with Gasteiger partial charge in [0.05, 0.1) is 37.5 Å². The molecule has 0 bridgehead atoms. The van der Waals surface area contributed by atoms with E-state index in [1.165, 1.54) is 0 Å². The third-order valence-corrected chi connectivity index (χ3v) is 5.87. The number of carbonyl (C=O) groups is 3. The van der Waals surface area contributed by atoms with Gasteiger partial charge >= 0.3 is 0 Å². The molecule has 5 N–H and O–H groups in total. The topological polar surface area (TPSA) is 177 Å². The molecular weight excluding hydrogens is 480 g/mol. The van der Waals surface area contributed by atoms with Crippen LogP contribution in [0, 0.1) is 23.2 Å². The van der Waals surface area contributed by atoms with Crippen LogP contribution in [0.2, 0.25) is 0 Å². The van der Waals surface area contributed by atoms with E-state index < -0.39 is 56.7 Å². The van der Waals surface area contributed by atoms with Crippen molar-refractivity contribution in [2.45, 2.75) is 47.1 Å². The lowest BCUT2D eigenvalue weighted by Crippen LogP contribution is -2.58. The SMILES string of the molecule is COCCOCCNC(=O)[C@@H](N(O)C(=O)[C@@H](CNCS(C)(=O)=O)[C@@H](CC(C)C)C(N)=O)C(C)(C)C. The molecule has 206 valence electrons. The molecule has 35 heavy (non-hydrogen) atoms. The van der Waals surface area contributed by atoms with Crippen molar-refractivity contribution in [1.29, 1.82) is 0 Å². The fraction of sp³-hybridized carbons (Fsp3) is 0.864. The van der Waals surface area contributed by atoms with Crippen molar-refractivity contribution in [1.82, 2.24) is 15.7 Å². The Hall–Kier alpha value is -1.80. The van der Waals surface area contributed by atoms with Crippen LogP contribution in [0.4, 0.5) is 0 Å². The number of methoxy groups -OCH3 is 1. The maximum absolute atomic E-state index is 13.4. The molecule has 0 aliphatic heterocycles. The van der Waals surface area contributed by atoms with Crippen LogP contribution < -0.4 is 16.4 Å². The molecule has 0 aromatic carbocycles. The fourth-order valence-corrected chi connectivity index (χ4v) is 4.03. The molecule has 12 nitrogen and oxygen atoms in total. The van der Waals surface area contributed by atoms with Crippen LogP contribution in [0.25, 0.3) is 0 Å². The highest BCUT2D eigenvalue weighted by molar-refractivity contribution is 7.90. The summed E-state index contributed by atoms with van der Waals surface area (Å²) in [6, 6.07) is -1.29. The summed E-state index contributed by atoms with van der Waals surface area (Å²) in [6.07, 6.45) is 1.26. The molecule has 0 saturated carbocycles. The predicted molar refractivity (Wildman–Crippen MR) is 131 cm³/mol. The van der Waals surface area contributed by atoms with Crippen LogP contribution in [-0.2, 0) is 33.7 Å². The van der Waals surface area contributed by atoms with Crippen LogP contribution in [0.5, 0.6) is 0 Å². The molecule has 0 spiro atoms. The maximum atomic E-state index is 13.4. The maximum Gasteiger partial charge on any atom is 0.251 e. The van der Waals surface area contributed by atoms with E-state index in [2.05, 4.69) is 10.6 Å². The van der Waals surface area contributed by atoms with E-state index >= 15 is 0 Å². The number of nitrogens with one attached hydrogen (secondary N) is 2.